The van der Waals surface area contributed by atoms with Gasteiger partial charge in [-0.3, -0.25) is 4.79 Å². The van der Waals surface area contributed by atoms with Crippen LogP contribution in [0.1, 0.15) is 46.0 Å². The van der Waals surface area contributed by atoms with Crippen molar-refractivity contribution in [3.63, 3.8) is 0 Å². The van der Waals surface area contributed by atoms with E-state index in [2.05, 4.69) is 13.8 Å². The normalized spacial score (nSPS) is 30.3. The molecule has 19 heavy (non-hydrogen) atoms. The van der Waals surface area contributed by atoms with E-state index in [1.165, 1.54) is 25.7 Å². The third-order valence-corrected chi connectivity index (χ3v) is 4.97. The van der Waals surface area contributed by atoms with E-state index in [-0.39, 0.29) is 18.4 Å². The Bertz CT molecular complexity index is 297. The number of hydrogen-bond acceptors (Lipinski definition) is 2. The number of nitrogens with zero attached hydrogens (tertiary/aromatic N) is 1. The molecule has 3 atom stereocenters. The number of amides is 1. The number of halogens is 1. The summed E-state index contributed by atoms with van der Waals surface area (Å²) in [4.78, 5) is 14.3. The zero-order chi connectivity index (χ0) is 13.3. The third kappa shape index (κ3) is 3.85. The van der Waals surface area contributed by atoms with Gasteiger partial charge in [0.2, 0.25) is 5.91 Å². The van der Waals surface area contributed by atoms with Crippen LogP contribution >= 0.6 is 12.4 Å². The molecule has 112 valence electrons. The lowest BCUT2D eigenvalue weighted by Gasteiger charge is -2.21. The number of carbonyl (C=O) groups excluding carboxylic acids is 1. The molecule has 2 N–H and O–H groups in total. The van der Waals surface area contributed by atoms with Crippen LogP contribution in [0, 0.1) is 23.7 Å². The summed E-state index contributed by atoms with van der Waals surface area (Å²) in [5.41, 5.74) is 6.04. The first-order valence-corrected chi connectivity index (χ1v) is 7.53. The summed E-state index contributed by atoms with van der Waals surface area (Å²) >= 11 is 0. The molecule has 3 nitrogen and oxygen atoms in total. The van der Waals surface area contributed by atoms with E-state index in [1.54, 1.807) is 0 Å². The summed E-state index contributed by atoms with van der Waals surface area (Å²) in [6.45, 7) is 5.10. The Labute approximate surface area is 123 Å². The van der Waals surface area contributed by atoms with Crippen LogP contribution in [0.25, 0.3) is 0 Å². The molecule has 2 aliphatic rings. The van der Waals surface area contributed by atoms with Crippen LogP contribution in [0.15, 0.2) is 0 Å². The van der Waals surface area contributed by atoms with Crippen LogP contribution in [-0.2, 0) is 4.79 Å². The van der Waals surface area contributed by atoms with Gasteiger partial charge in [0.1, 0.15) is 0 Å². The van der Waals surface area contributed by atoms with Crippen molar-refractivity contribution in [2.75, 3.05) is 13.6 Å². The molecule has 0 bridgehead atoms. The van der Waals surface area contributed by atoms with Gasteiger partial charge in [-0.25, -0.2) is 0 Å². The van der Waals surface area contributed by atoms with E-state index >= 15 is 0 Å². The van der Waals surface area contributed by atoms with Gasteiger partial charge in [-0.1, -0.05) is 26.7 Å². The highest BCUT2D eigenvalue weighted by atomic mass is 35.5. The average Bonchev–Trinajstić information content (AvgIpc) is 3.08. The summed E-state index contributed by atoms with van der Waals surface area (Å²) in [6, 6.07) is 0.210. The average molecular weight is 289 g/mol. The highest BCUT2D eigenvalue weighted by Gasteiger charge is 2.55. The smallest absolute Gasteiger partial charge is 0.226 e. The van der Waals surface area contributed by atoms with Gasteiger partial charge in [0, 0.05) is 25.6 Å². The lowest BCUT2D eigenvalue weighted by atomic mass is 10.0. The molecule has 0 saturated heterocycles. The molecule has 3 unspecified atom stereocenters. The van der Waals surface area contributed by atoms with Crippen molar-refractivity contribution < 1.29 is 4.79 Å². The summed E-state index contributed by atoms with van der Waals surface area (Å²) in [7, 11) is 1.94. The standard InChI is InChI=1S/C15H28N2O.ClH/c1-10(2)13(16)8-9-17(3)15(18)14-11-6-4-5-7-12(11)14;/h10-14H,4-9,16H2,1-3H3;1H. The molecule has 0 spiro atoms. The number of hydrogen-bond donors (Lipinski definition) is 1. The fourth-order valence-corrected chi connectivity index (χ4v) is 3.40. The van der Waals surface area contributed by atoms with E-state index < -0.39 is 0 Å². The van der Waals surface area contributed by atoms with E-state index in [0.717, 1.165) is 13.0 Å². The maximum atomic E-state index is 12.3. The minimum atomic E-state index is 0. The molecule has 0 aromatic carbocycles. The summed E-state index contributed by atoms with van der Waals surface area (Å²) in [5, 5.41) is 0. The van der Waals surface area contributed by atoms with Crippen molar-refractivity contribution in [3.05, 3.63) is 0 Å². The second kappa shape index (κ2) is 6.94. The topological polar surface area (TPSA) is 46.3 Å². The fourth-order valence-electron chi connectivity index (χ4n) is 3.40. The van der Waals surface area contributed by atoms with Crippen molar-refractivity contribution >= 4 is 18.3 Å². The SMILES string of the molecule is CC(C)C(N)CCN(C)C(=O)C1C2CCCCC21.Cl. The van der Waals surface area contributed by atoms with E-state index in [4.69, 9.17) is 5.73 Å². The monoisotopic (exact) mass is 288 g/mol. The van der Waals surface area contributed by atoms with Crippen LogP contribution in [0.4, 0.5) is 0 Å². The molecule has 0 aromatic heterocycles. The van der Waals surface area contributed by atoms with Crippen LogP contribution < -0.4 is 5.73 Å². The van der Waals surface area contributed by atoms with Crippen molar-refractivity contribution in [2.24, 2.45) is 29.4 Å². The number of rotatable bonds is 5. The molecule has 2 rings (SSSR count). The van der Waals surface area contributed by atoms with Crippen LogP contribution in [0.5, 0.6) is 0 Å². The fraction of sp³-hybridized carbons (Fsp3) is 0.933. The minimum absolute atomic E-state index is 0. The van der Waals surface area contributed by atoms with Crippen molar-refractivity contribution in [1.82, 2.24) is 4.90 Å². The quantitative estimate of drug-likeness (QED) is 0.845. The predicted molar refractivity (Wildman–Crippen MR) is 81.3 cm³/mol. The van der Waals surface area contributed by atoms with Crippen LogP contribution in [-0.4, -0.2) is 30.4 Å². The molecule has 4 heteroatoms. The minimum Gasteiger partial charge on any atom is -0.345 e. The maximum absolute atomic E-state index is 12.3. The Morgan fingerprint density at radius 1 is 1.26 bits per heavy atom. The largest absolute Gasteiger partial charge is 0.345 e. The Morgan fingerprint density at radius 2 is 1.79 bits per heavy atom. The van der Waals surface area contributed by atoms with Gasteiger partial charge in [-0.15, -0.1) is 12.4 Å². The molecule has 2 fully saturated rings. The summed E-state index contributed by atoms with van der Waals surface area (Å²) in [6.07, 6.45) is 6.13. The Balaban J connectivity index is 0.00000180. The second-order valence-electron chi connectivity index (χ2n) is 6.59. The highest BCUT2D eigenvalue weighted by Crippen LogP contribution is 2.55. The van der Waals surface area contributed by atoms with E-state index in [1.807, 2.05) is 11.9 Å². The molecule has 0 aromatic rings. The van der Waals surface area contributed by atoms with Gasteiger partial charge in [0.25, 0.3) is 0 Å². The Kier molecular flexibility index (Phi) is 6.13. The lowest BCUT2D eigenvalue weighted by molar-refractivity contribution is -0.132. The highest BCUT2D eigenvalue weighted by molar-refractivity contribution is 5.85. The number of nitrogens with two attached hydrogens (primary N) is 1. The van der Waals surface area contributed by atoms with Crippen molar-refractivity contribution in [1.29, 1.82) is 0 Å². The first-order valence-electron chi connectivity index (χ1n) is 7.53. The Morgan fingerprint density at radius 3 is 2.26 bits per heavy atom. The second-order valence-corrected chi connectivity index (χ2v) is 6.59. The van der Waals surface area contributed by atoms with Crippen molar-refractivity contribution in [2.45, 2.75) is 52.0 Å². The van der Waals surface area contributed by atoms with Gasteiger partial charge in [0.15, 0.2) is 0 Å². The van der Waals surface area contributed by atoms with Gasteiger partial charge in [0.05, 0.1) is 0 Å². The molecule has 2 aliphatic carbocycles. The molecule has 0 radical (unpaired) electrons. The molecular formula is C15H29ClN2O. The predicted octanol–water partition coefficient (Wildman–Crippen LogP) is 2.68. The van der Waals surface area contributed by atoms with E-state index in [9.17, 15) is 4.79 Å². The van der Waals surface area contributed by atoms with E-state index in [0.29, 0.717) is 29.6 Å². The molecule has 1 amide bonds. The van der Waals surface area contributed by atoms with Gasteiger partial charge < -0.3 is 10.6 Å². The van der Waals surface area contributed by atoms with Crippen molar-refractivity contribution in [3.8, 4) is 0 Å². The molecule has 0 aliphatic heterocycles. The number of carbonyl (C=O) groups is 1. The first kappa shape index (κ1) is 16.8. The molecular weight excluding hydrogens is 260 g/mol. The zero-order valence-corrected chi connectivity index (χ0v) is 13.3. The lowest BCUT2D eigenvalue weighted by Crippen LogP contribution is -2.35. The Hall–Kier alpha value is -0.280. The zero-order valence-electron chi connectivity index (χ0n) is 12.5. The van der Waals surface area contributed by atoms with Gasteiger partial charge in [-0.05, 0) is 37.0 Å². The maximum Gasteiger partial charge on any atom is 0.226 e. The molecule has 0 heterocycles. The first-order chi connectivity index (χ1) is 8.52. The van der Waals surface area contributed by atoms with Crippen LogP contribution in [0.2, 0.25) is 0 Å². The third-order valence-electron chi connectivity index (χ3n) is 4.97. The molecule has 2 saturated carbocycles. The summed E-state index contributed by atoms with van der Waals surface area (Å²) < 4.78 is 0. The number of fused-ring (bicyclic) bond motifs is 1. The summed E-state index contributed by atoms with van der Waals surface area (Å²) in [5.74, 6) is 2.66. The van der Waals surface area contributed by atoms with Gasteiger partial charge in [-0.2, -0.15) is 0 Å². The van der Waals surface area contributed by atoms with Crippen LogP contribution in [0.3, 0.4) is 0 Å². The van der Waals surface area contributed by atoms with Gasteiger partial charge >= 0.3 is 0 Å².